The fraction of sp³-hybridized carbons (Fsp3) is 0.391. The first kappa shape index (κ1) is 24.5. The van der Waals surface area contributed by atoms with Crippen molar-refractivity contribution in [2.75, 3.05) is 11.5 Å². The molecule has 0 saturated heterocycles. The highest BCUT2D eigenvalue weighted by Crippen LogP contribution is 2.23. The van der Waals surface area contributed by atoms with Gasteiger partial charge in [0.05, 0.1) is 16.7 Å². The summed E-state index contributed by atoms with van der Waals surface area (Å²) in [5, 5.41) is 9.38. The van der Waals surface area contributed by atoms with Crippen molar-refractivity contribution in [2.24, 2.45) is 5.92 Å². The van der Waals surface area contributed by atoms with Gasteiger partial charge in [-0.3, -0.25) is 32.9 Å². The van der Waals surface area contributed by atoms with Crippen molar-refractivity contribution in [3.05, 3.63) is 61.0 Å². The smallest absolute Gasteiger partial charge is 0.329 e. The zero-order valence-electron chi connectivity index (χ0n) is 19.8. The van der Waals surface area contributed by atoms with Crippen LogP contribution < -0.4 is 22.5 Å². The van der Waals surface area contributed by atoms with E-state index < -0.39 is 17.0 Å². The van der Waals surface area contributed by atoms with Gasteiger partial charge >= 0.3 is 5.69 Å². The molecule has 4 aromatic rings. The molecule has 0 radical (unpaired) electrons. The Morgan fingerprint density at radius 2 is 1.89 bits per heavy atom. The molecule has 0 amide bonds. The van der Waals surface area contributed by atoms with Crippen molar-refractivity contribution in [3.8, 4) is 0 Å². The van der Waals surface area contributed by atoms with Crippen LogP contribution in [0.3, 0.4) is 0 Å². The van der Waals surface area contributed by atoms with E-state index >= 15 is 0 Å². The number of carbonyl (C=O) groups excluding carboxylic acids is 1. The van der Waals surface area contributed by atoms with Crippen molar-refractivity contribution < 1.29 is 4.79 Å². The highest BCUT2D eigenvalue weighted by molar-refractivity contribution is 7.99. The van der Waals surface area contributed by atoms with Crippen molar-refractivity contribution in [1.29, 1.82) is 0 Å². The number of hydrogen-bond acceptors (Lipinski definition) is 8. The predicted molar refractivity (Wildman–Crippen MR) is 135 cm³/mol. The summed E-state index contributed by atoms with van der Waals surface area (Å²) < 4.78 is 4.54. The monoisotopic (exact) mass is 497 g/mol. The van der Waals surface area contributed by atoms with Crippen LogP contribution in [0.2, 0.25) is 0 Å². The lowest BCUT2D eigenvalue weighted by molar-refractivity contribution is 0.102. The minimum Gasteiger partial charge on any atom is -0.384 e. The number of unbranched alkanes of at least 4 members (excludes halogenated alkanes) is 1. The van der Waals surface area contributed by atoms with Gasteiger partial charge in [0.25, 0.3) is 11.1 Å². The van der Waals surface area contributed by atoms with Crippen LogP contribution in [-0.2, 0) is 13.1 Å². The molecule has 1 aromatic carbocycles. The van der Waals surface area contributed by atoms with E-state index in [9.17, 15) is 19.2 Å². The number of ketones is 1. The molecule has 0 atom stereocenters. The summed E-state index contributed by atoms with van der Waals surface area (Å²) >= 11 is 1.08. The second-order valence-electron chi connectivity index (χ2n) is 8.68. The number of benzene rings is 1. The number of aryl methyl sites for hydroxylation is 1. The Bertz CT molecular complexity index is 1600. The molecule has 184 valence electrons. The molecule has 0 saturated carbocycles. The first-order valence-electron chi connectivity index (χ1n) is 11.4. The third kappa shape index (κ3) is 4.53. The van der Waals surface area contributed by atoms with Gasteiger partial charge in [-0.15, -0.1) is 10.2 Å². The van der Waals surface area contributed by atoms with Crippen molar-refractivity contribution >= 4 is 40.0 Å². The third-order valence-corrected chi connectivity index (χ3v) is 6.54. The first-order valence-corrected chi connectivity index (χ1v) is 12.4. The number of H-pyrrole nitrogens is 1. The fourth-order valence-electron chi connectivity index (χ4n) is 3.95. The van der Waals surface area contributed by atoms with Crippen LogP contribution in [0, 0.1) is 5.92 Å². The summed E-state index contributed by atoms with van der Waals surface area (Å²) in [6.45, 7) is 6.60. The van der Waals surface area contributed by atoms with Gasteiger partial charge in [-0.2, -0.15) is 0 Å². The van der Waals surface area contributed by atoms with Crippen LogP contribution in [0.15, 0.2) is 43.8 Å². The zero-order valence-corrected chi connectivity index (χ0v) is 20.6. The van der Waals surface area contributed by atoms with Crippen LogP contribution in [-0.4, -0.2) is 40.3 Å². The summed E-state index contributed by atoms with van der Waals surface area (Å²) in [6, 6.07) is 7.15. The van der Waals surface area contributed by atoms with E-state index in [4.69, 9.17) is 5.73 Å². The maximum atomic E-state index is 13.1. The van der Waals surface area contributed by atoms with E-state index in [-0.39, 0.29) is 35.2 Å². The first-order chi connectivity index (χ1) is 16.7. The van der Waals surface area contributed by atoms with Crippen LogP contribution in [0.25, 0.3) is 16.7 Å². The number of para-hydroxylation sites is 1. The van der Waals surface area contributed by atoms with Gasteiger partial charge in [-0.1, -0.05) is 51.1 Å². The molecule has 0 spiro atoms. The molecule has 0 aliphatic carbocycles. The number of nitrogens with zero attached hydrogens (tertiary/aromatic N) is 5. The lowest BCUT2D eigenvalue weighted by atomic mass is 10.2. The molecule has 0 aliphatic rings. The Labute approximate surface area is 204 Å². The predicted octanol–water partition coefficient (Wildman–Crippen LogP) is 1.91. The topological polar surface area (TPSA) is 150 Å². The second-order valence-corrected chi connectivity index (χ2v) is 9.62. The molecular weight excluding hydrogens is 470 g/mol. The summed E-state index contributed by atoms with van der Waals surface area (Å²) in [7, 11) is 0. The third-order valence-electron chi connectivity index (χ3n) is 5.61. The Morgan fingerprint density at radius 1 is 1.14 bits per heavy atom. The minimum absolute atomic E-state index is 0.0826. The average molecular weight is 498 g/mol. The number of nitrogens with one attached hydrogen (secondary N) is 1. The fourth-order valence-corrected chi connectivity index (χ4v) is 4.76. The van der Waals surface area contributed by atoms with Crippen LogP contribution in [0.4, 0.5) is 5.82 Å². The number of anilines is 1. The van der Waals surface area contributed by atoms with E-state index in [2.05, 4.69) is 15.2 Å². The number of hydrogen-bond donors (Lipinski definition) is 2. The minimum atomic E-state index is -0.817. The molecule has 0 bridgehead atoms. The molecule has 11 nitrogen and oxygen atoms in total. The number of rotatable bonds is 9. The SMILES string of the molecule is CCCCn1c(=O)c2ccccc2n2c(SCC(=O)c3c(N)n(CC(C)C)c(=O)[nH]c3=O)nnc12. The van der Waals surface area contributed by atoms with Crippen molar-refractivity contribution in [3.63, 3.8) is 0 Å². The van der Waals surface area contributed by atoms with Gasteiger partial charge in [-0.25, -0.2) is 4.79 Å². The second kappa shape index (κ2) is 9.90. The number of nitrogen functional groups attached to an aromatic ring is 1. The molecule has 0 aliphatic heterocycles. The van der Waals surface area contributed by atoms with E-state index in [0.29, 0.717) is 28.4 Å². The quantitative estimate of drug-likeness (QED) is 0.263. The average Bonchev–Trinajstić information content (AvgIpc) is 3.24. The van der Waals surface area contributed by atoms with Gasteiger partial charge in [0.1, 0.15) is 11.4 Å². The molecule has 0 unspecified atom stereocenters. The highest BCUT2D eigenvalue weighted by atomic mass is 32.2. The summed E-state index contributed by atoms with van der Waals surface area (Å²) in [5.74, 6) is -0.371. The number of carbonyl (C=O) groups is 1. The van der Waals surface area contributed by atoms with E-state index in [1.54, 1.807) is 27.2 Å². The Kier molecular flexibility index (Phi) is 6.92. The van der Waals surface area contributed by atoms with Crippen molar-refractivity contribution in [1.82, 2.24) is 28.7 Å². The van der Waals surface area contributed by atoms with Crippen LogP contribution in [0.1, 0.15) is 44.0 Å². The lowest BCUT2D eigenvalue weighted by Gasteiger charge is -2.13. The normalized spacial score (nSPS) is 11.7. The van der Waals surface area contributed by atoms with Gasteiger partial charge in [0, 0.05) is 13.1 Å². The maximum absolute atomic E-state index is 13.1. The van der Waals surface area contributed by atoms with E-state index in [0.717, 1.165) is 24.6 Å². The molecule has 4 rings (SSSR count). The summed E-state index contributed by atoms with van der Waals surface area (Å²) in [6.07, 6.45) is 1.71. The summed E-state index contributed by atoms with van der Waals surface area (Å²) in [4.78, 5) is 52.9. The number of aromatic amines is 1. The van der Waals surface area contributed by atoms with Gasteiger partial charge in [0.2, 0.25) is 5.78 Å². The molecule has 3 N–H and O–H groups in total. The Balaban J connectivity index is 1.74. The van der Waals surface area contributed by atoms with Gasteiger partial charge in [-0.05, 0) is 24.5 Å². The number of Topliss-reactive ketones (excluding diaryl/α,β-unsaturated/α-hetero) is 1. The molecule has 35 heavy (non-hydrogen) atoms. The summed E-state index contributed by atoms with van der Waals surface area (Å²) in [5.41, 5.74) is 4.84. The molecular formula is C23H27N7O4S. The zero-order chi connectivity index (χ0) is 25.3. The van der Waals surface area contributed by atoms with Crippen LogP contribution in [0.5, 0.6) is 0 Å². The molecule has 12 heteroatoms. The van der Waals surface area contributed by atoms with Crippen LogP contribution >= 0.6 is 11.8 Å². The molecule has 3 heterocycles. The number of thioether (sulfide) groups is 1. The number of aromatic nitrogens is 6. The lowest BCUT2D eigenvalue weighted by Crippen LogP contribution is -2.37. The maximum Gasteiger partial charge on any atom is 0.329 e. The largest absolute Gasteiger partial charge is 0.384 e. The molecule has 0 fully saturated rings. The molecule has 3 aromatic heterocycles. The number of fused-ring (bicyclic) bond motifs is 3. The Hall–Kier alpha value is -3.67. The number of nitrogens with two attached hydrogens (primary N) is 1. The van der Waals surface area contributed by atoms with Crippen molar-refractivity contribution in [2.45, 2.75) is 51.9 Å². The van der Waals surface area contributed by atoms with Gasteiger partial charge in [0.15, 0.2) is 10.9 Å². The van der Waals surface area contributed by atoms with Gasteiger partial charge < -0.3 is 5.73 Å². The standard InChI is InChI=1S/C23H27N7O4S/c1-4-5-10-28-20(33)14-8-6-7-9-15(14)30-21(28)26-27-23(30)35-12-16(31)17-18(24)29(11-13(2)3)22(34)25-19(17)32/h6-9,13H,4-5,10-12,24H2,1-3H3,(H,25,32,34). The van der Waals surface area contributed by atoms with E-state index in [1.807, 2.05) is 26.8 Å². The highest BCUT2D eigenvalue weighted by Gasteiger charge is 2.22. The van der Waals surface area contributed by atoms with E-state index in [1.165, 1.54) is 4.57 Å². The Morgan fingerprint density at radius 3 is 2.60 bits per heavy atom.